The maximum Gasteiger partial charge on any atom is 0.179 e. The predicted octanol–water partition coefficient (Wildman–Crippen LogP) is 4.55. The predicted molar refractivity (Wildman–Crippen MR) is 97.0 cm³/mol. The molecule has 0 aliphatic heterocycles. The molecule has 0 aliphatic rings. The molecular weight excluding hydrogens is 438 g/mol. The van der Waals surface area contributed by atoms with E-state index < -0.39 is 31.2 Å². The van der Waals surface area contributed by atoms with Crippen LogP contribution in [0.25, 0.3) is 0 Å². The lowest BCUT2D eigenvalue weighted by Gasteiger charge is -2.08. The van der Waals surface area contributed by atoms with Gasteiger partial charge in [0.1, 0.15) is 0 Å². The van der Waals surface area contributed by atoms with Crippen molar-refractivity contribution in [2.45, 2.75) is 9.79 Å². The lowest BCUT2D eigenvalue weighted by molar-refractivity contribution is 0.587. The lowest BCUT2D eigenvalue weighted by Crippen LogP contribution is -2.17. The van der Waals surface area contributed by atoms with Gasteiger partial charge in [0.2, 0.25) is 0 Å². The first kappa shape index (κ1) is 19.8. The third kappa shape index (κ3) is 4.56. The number of rotatable bonds is 5. The van der Waals surface area contributed by atoms with E-state index in [9.17, 15) is 16.8 Å². The van der Waals surface area contributed by atoms with Crippen LogP contribution in [0.15, 0.2) is 46.2 Å². The summed E-state index contributed by atoms with van der Waals surface area (Å²) in [6.45, 7) is 0. The summed E-state index contributed by atoms with van der Waals surface area (Å²) in [7, 11) is -7.68. The van der Waals surface area contributed by atoms with Crippen LogP contribution in [0.5, 0.6) is 0 Å². The zero-order valence-corrected chi connectivity index (χ0v) is 16.5. The van der Waals surface area contributed by atoms with Gasteiger partial charge in [-0.05, 0) is 36.4 Å². The molecule has 130 valence electrons. The molecule has 0 saturated carbocycles. The fraction of sp³-hybridized carbons (Fsp3) is 0.143. The monoisotopic (exact) mass is 446 g/mol. The maximum absolute atomic E-state index is 12.3. The minimum Gasteiger partial charge on any atom is -0.224 e. The summed E-state index contributed by atoms with van der Waals surface area (Å²) in [5, 5.41) is 0.563. The molecule has 0 spiro atoms. The normalized spacial score (nSPS) is 12.3. The van der Waals surface area contributed by atoms with Gasteiger partial charge in [0.05, 0.1) is 41.4 Å². The van der Waals surface area contributed by atoms with E-state index in [1.165, 1.54) is 36.4 Å². The fourth-order valence-corrected chi connectivity index (χ4v) is 5.89. The molecule has 0 bridgehead atoms. The number of hydrogen-bond donors (Lipinski definition) is 0. The molecule has 0 atom stereocenters. The Balaban J connectivity index is 2.24. The number of hydrogen-bond acceptors (Lipinski definition) is 4. The van der Waals surface area contributed by atoms with Crippen LogP contribution in [-0.2, 0) is 19.7 Å². The maximum atomic E-state index is 12.3. The van der Waals surface area contributed by atoms with Crippen LogP contribution in [0.1, 0.15) is 0 Å². The molecule has 4 nitrogen and oxygen atoms in total. The third-order valence-electron chi connectivity index (χ3n) is 3.12. The van der Waals surface area contributed by atoms with E-state index in [4.69, 9.17) is 46.4 Å². The van der Waals surface area contributed by atoms with Gasteiger partial charge in [-0.2, -0.15) is 0 Å². The fourth-order valence-electron chi connectivity index (χ4n) is 1.80. The molecule has 0 aliphatic carbocycles. The van der Waals surface area contributed by atoms with E-state index >= 15 is 0 Å². The summed E-state index contributed by atoms with van der Waals surface area (Å²) in [6.07, 6.45) is 0. The Labute approximate surface area is 160 Å². The molecule has 0 fully saturated rings. The van der Waals surface area contributed by atoms with E-state index in [1.807, 2.05) is 0 Å². The van der Waals surface area contributed by atoms with E-state index in [1.54, 1.807) is 0 Å². The van der Waals surface area contributed by atoms with Gasteiger partial charge in [-0.15, -0.1) is 0 Å². The lowest BCUT2D eigenvalue weighted by atomic mass is 10.4. The summed E-state index contributed by atoms with van der Waals surface area (Å²) in [6, 6.07) is 7.59. The van der Waals surface area contributed by atoms with E-state index in [2.05, 4.69) is 0 Å². The number of benzene rings is 2. The van der Waals surface area contributed by atoms with Crippen LogP contribution < -0.4 is 0 Å². The van der Waals surface area contributed by atoms with Crippen LogP contribution in [0.2, 0.25) is 20.1 Å². The molecule has 24 heavy (non-hydrogen) atoms. The Hall–Kier alpha value is -0.500. The average molecular weight is 448 g/mol. The van der Waals surface area contributed by atoms with Crippen LogP contribution in [-0.4, -0.2) is 28.3 Å². The Kier molecular flexibility index (Phi) is 6.11. The Morgan fingerprint density at radius 3 is 1.21 bits per heavy atom. The van der Waals surface area contributed by atoms with E-state index in [0.717, 1.165) is 0 Å². The van der Waals surface area contributed by atoms with Gasteiger partial charge in [-0.3, -0.25) is 0 Å². The topological polar surface area (TPSA) is 68.3 Å². The minimum absolute atomic E-state index is 0.0741. The first-order valence-corrected chi connectivity index (χ1v) is 11.2. The first-order valence-electron chi connectivity index (χ1n) is 6.38. The largest absolute Gasteiger partial charge is 0.224 e. The molecular formula is C14H10Cl4O4S2. The smallest absolute Gasteiger partial charge is 0.179 e. The Morgan fingerprint density at radius 2 is 0.917 bits per heavy atom. The van der Waals surface area contributed by atoms with Gasteiger partial charge >= 0.3 is 0 Å². The van der Waals surface area contributed by atoms with Crippen molar-refractivity contribution < 1.29 is 16.8 Å². The molecule has 0 aromatic heterocycles. The van der Waals surface area contributed by atoms with Crippen molar-refractivity contribution in [3.05, 3.63) is 56.5 Å². The van der Waals surface area contributed by atoms with Crippen molar-refractivity contribution in [1.29, 1.82) is 0 Å². The third-order valence-corrected chi connectivity index (χ3v) is 8.29. The summed E-state index contributed by atoms with van der Waals surface area (Å²) >= 11 is 23.1. The summed E-state index contributed by atoms with van der Waals surface area (Å²) < 4.78 is 49.1. The number of sulfone groups is 2. The highest BCUT2D eigenvalue weighted by atomic mass is 35.5. The second kappa shape index (κ2) is 7.40. The molecule has 0 heterocycles. The molecule has 0 saturated heterocycles. The Bertz CT molecular complexity index is 904. The standard InChI is InChI=1S/C14H10Cl4O4S2/c15-11-3-1-9(7-13(11)17)23(19,20)5-6-24(21,22)10-2-4-12(16)14(18)8-10/h1-4,7-8H,5-6H2. The van der Waals surface area contributed by atoms with Gasteiger partial charge in [0, 0.05) is 0 Å². The highest BCUT2D eigenvalue weighted by Crippen LogP contribution is 2.27. The highest BCUT2D eigenvalue weighted by Gasteiger charge is 2.22. The summed E-state index contributed by atoms with van der Waals surface area (Å²) in [5.41, 5.74) is 0. The summed E-state index contributed by atoms with van der Waals surface area (Å²) in [4.78, 5) is -0.192. The average Bonchev–Trinajstić information content (AvgIpc) is 2.51. The van der Waals surface area contributed by atoms with Crippen LogP contribution in [0.4, 0.5) is 0 Å². The molecule has 0 amide bonds. The molecule has 2 aromatic carbocycles. The van der Waals surface area contributed by atoms with Crippen molar-refractivity contribution in [2.24, 2.45) is 0 Å². The van der Waals surface area contributed by atoms with Crippen molar-refractivity contribution in [1.82, 2.24) is 0 Å². The van der Waals surface area contributed by atoms with Crippen molar-refractivity contribution in [3.63, 3.8) is 0 Å². The zero-order valence-electron chi connectivity index (χ0n) is 11.8. The summed E-state index contributed by atoms with van der Waals surface area (Å²) in [5.74, 6) is -1.21. The molecule has 2 aromatic rings. The Morgan fingerprint density at radius 1 is 0.583 bits per heavy atom. The molecule has 0 N–H and O–H groups in total. The van der Waals surface area contributed by atoms with Crippen LogP contribution in [0.3, 0.4) is 0 Å². The van der Waals surface area contributed by atoms with Crippen molar-refractivity contribution in [2.75, 3.05) is 11.5 Å². The van der Waals surface area contributed by atoms with E-state index in [-0.39, 0.29) is 29.9 Å². The van der Waals surface area contributed by atoms with E-state index in [0.29, 0.717) is 0 Å². The van der Waals surface area contributed by atoms with Crippen LogP contribution >= 0.6 is 46.4 Å². The van der Waals surface area contributed by atoms with Crippen LogP contribution in [0, 0.1) is 0 Å². The minimum atomic E-state index is -3.84. The quantitative estimate of drug-likeness (QED) is 0.674. The number of halogens is 4. The SMILES string of the molecule is O=S(=O)(CCS(=O)(=O)c1ccc(Cl)c(Cl)c1)c1ccc(Cl)c(Cl)c1. The van der Waals surface area contributed by atoms with Crippen molar-refractivity contribution in [3.8, 4) is 0 Å². The first-order chi connectivity index (χ1) is 11.0. The highest BCUT2D eigenvalue weighted by molar-refractivity contribution is 7.95. The van der Waals surface area contributed by atoms with Gasteiger partial charge in [0.15, 0.2) is 19.7 Å². The zero-order chi connectivity index (χ0) is 18.1. The molecule has 2 rings (SSSR count). The van der Waals surface area contributed by atoms with Crippen molar-refractivity contribution >= 4 is 66.1 Å². The molecule has 10 heteroatoms. The van der Waals surface area contributed by atoms with Gasteiger partial charge < -0.3 is 0 Å². The van der Waals surface area contributed by atoms with Gasteiger partial charge in [0.25, 0.3) is 0 Å². The van der Waals surface area contributed by atoms with Gasteiger partial charge in [-0.25, -0.2) is 16.8 Å². The second-order valence-electron chi connectivity index (χ2n) is 4.79. The van der Waals surface area contributed by atoms with Gasteiger partial charge in [-0.1, -0.05) is 46.4 Å². The molecule has 0 radical (unpaired) electrons. The second-order valence-corrected chi connectivity index (χ2v) is 10.6. The molecule has 0 unspecified atom stereocenters.